The largest absolute Gasteiger partial charge is 0.481 e. The quantitative estimate of drug-likeness (QED) is 0.941. The molecule has 0 amide bonds. The summed E-state index contributed by atoms with van der Waals surface area (Å²) in [5, 5.41) is 10.4. The molecular formula is C17H20N2O2. The molecule has 2 heterocycles. The number of nitrogens with zero attached hydrogens (tertiary/aromatic N) is 2. The lowest BCUT2D eigenvalue weighted by Gasteiger charge is -2.33. The zero-order valence-electron chi connectivity index (χ0n) is 12.2. The highest BCUT2D eigenvalue weighted by molar-refractivity contribution is 5.92. The zero-order valence-corrected chi connectivity index (χ0v) is 12.2. The molecule has 1 saturated heterocycles. The average Bonchev–Trinajstić information content (AvgIpc) is 2.53. The van der Waals surface area contributed by atoms with Gasteiger partial charge in [-0.1, -0.05) is 13.0 Å². The number of carbonyl (C=O) groups is 1. The second-order valence-corrected chi connectivity index (χ2v) is 5.66. The van der Waals surface area contributed by atoms with E-state index >= 15 is 0 Å². The second-order valence-electron chi connectivity index (χ2n) is 5.66. The van der Waals surface area contributed by atoms with E-state index in [-0.39, 0.29) is 5.92 Å². The number of carboxylic acid groups (broad SMARTS) is 1. The Balaban J connectivity index is 2.01. The second kappa shape index (κ2) is 5.72. The molecule has 2 aromatic rings. The van der Waals surface area contributed by atoms with Gasteiger partial charge in [0.2, 0.25) is 0 Å². The third-order valence-corrected chi connectivity index (χ3v) is 4.30. The Hall–Kier alpha value is -2.10. The minimum Gasteiger partial charge on any atom is -0.481 e. The van der Waals surface area contributed by atoms with Crippen molar-refractivity contribution in [3.63, 3.8) is 0 Å². The summed E-state index contributed by atoms with van der Waals surface area (Å²) in [7, 11) is 0. The SMILES string of the molecule is CCc1ccc2nccc(N3CCCC(C(=O)O)C3)c2c1. The van der Waals surface area contributed by atoms with Crippen LogP contribution in [0.2, 0.25) is 0 Å². The predicted molar refractivity (Wildman–Crippen MR) is 83.7 cm³/mol. The van der Waals surface area contributed by atoms with Crippen molar-refractivity contribution in [2.24, 2.45) is 5.92 Å². The van der Waals surface area contributed by atoms with Gasteiger partial charge < -0.3 is 10.0 Å². The highest BCUT2D eigenvalue weighted by Crippen LogP contribution is 2.30. The molecule has 1 aromatic heterocycles. The smallest absolute Gasteiger partial charge is 0.308 e. The third kappa shape index (κ3) is 2.71. The number of hydrogen-bond donors (Lipinski definition) is 1. The maximum absolute atomic E-state index is 11.3. The molecule has 0 saturated carbocycles. The van der Waals surface area contributed by atoms with Crippen LogP contribution in [0.5, 0.6) is 0 Å². The fourth-order valence-electron chi connectivity index (χ4n) is 3.07. The van der Waals surface area contributed by atoms with Crippen LogP contribution in [0.25, 0.3) is 10.9 Å². The van der Waals surface area contributed by atoms with Gasteiger partial charge in [0.25, 0.3) is 0 Å². The van der Waals surface area contributed by atoms with Gasteiger partial charge in [-0.3, -0.25) is 9.78 Å². The molecule has 1 atom stereocenters. The summed E-state index contributed by atoms with van der Waals surface area (Å²) >= 11 is 0. The zero-order chi connectivity index (χ0) is 14.8. The molecule has 4 nitrogen and oxygen atoms in total. The number of hydrogen-bond acceptors (Lipinski definition) is 3. The molecule has 0 aliphatic carbocycles. The van der Waals surface area contributed by atoms with E-state index in [1.54, 1.807) is 0 Å². The fourth-order valence-corrected chi connectivity index (χ4v) is 3.07. The first-order valence-electron chi connectivity index (χ1n) is 7.54. The standard InChI is InChI=1S/C17H20N2O2/c1-2-12-5-6-15-14(10-12)16(7-8-18-15)19-9-3-4-13(11-19)17(20)21/h5-8,10,13H,2-4,9,11H2,1H3,(H,20,21). The summed E-state index contributed by atoms with van der Waals surface area (Å²) in [5.74, 6) is -0.955. The predicted octanol–water partition coefficient (Wildman–Crippen LogP) is 3.10. The maximum Gasteiger partial charge on any atom is 0.308 e. The molecule has 4 heteroatoms. The Labute approximate surface area is 124 Å². The Morgan fingerprint density at radius 2 is 2.29 bits per heavy atom. The first-order valence-corrected chi connectivity index (χ1v) is 7.54. The number of pyridine rings is 1. The van der Waals surface area contributed by atoms with Crippen molar-refractivity contribution in [1.82, 2.24) is 4.98 Å². The van der Waals surface area contributed by atoms with E-state index in [2.05, 4.69) is 35.0 Å². The van der Waals surface area contributed by atoms with Crippen LogP contribution in [0.4, 0.5) is 5.69 Å². The molecule has 1 aliphatic rings. The van der Waals surface area contributed by atoms with Crippen molar-refractivity contribution < 1.29 is 9.90 Å². The van der Waals surface area contributed by atoms with Gasteiger partial charge in [0.15, 0.2) is 0 Å². The van der Waals surface area contributed by atoms with Gasteiger partial charge in [-0.25, -0.2) is 0 Å². The van der Waals surface area contributed by atoms with Gasteiger partial charge in [-0.2, -0.15) is 0 Å². The van der Waals surface area contributed by atoms with Crippen molar-refractivity contribution in [2.75, 3.05) is 18.0 Å². The maximum atomic E-state index is 11.3. The Bertz CT molecular complexity index is 669. The van der Waals surface area contributed by atoms with Crippen LogP contribution in [-0.4, -0.2) is 29.1 Å². The summed E-state index contributed by atoms with van der Waals surface area (Å²) in [4.78, 5) is 17.9. The van der Waals surface area contributed by atoms with E-state index in [0.717, 1.165) is 42.4 Å². The lowest BCUT2D eigenvalue weighted by molar-refractivity contribution is -0.141. The average molecular weight is 284 g/mol. The first-order chi connectivity index (χ1) is 10.2. The normalized spacial score (nSPS) is 18.9. The number of anilines is 1. The van der Waals surface area contributed by atoms with Crippen molar-refractivity contribution >= 4 is 22.6 Å². The molecule has 21 heavy (non-hydrogen) atoms. The van der Waals surface area contributed by atoms with Gasteiger partial charge in [0.1, 0.15) is 0 Å². The number of aliphatic carboxylic acids is 1. The van der Waals surface area contributed by atoms with Crippen LogP contribution in [0.3, 0.4) is 0 Å². The third-order valence-electron chi connectivity index (χ3n) is 4.30. The van der Waals surface area contributed by atoms with Crippen LogP contribution < -0.4 is 4.90 Å². The molecule has 1 fully saturated rings. The molecular weight excluding hydrogens is 264 g/mol. The summed E-state index contributed by atoms with van der Waals surface area (Å²) in [6.07, 6.45) is 4.50. The number of piperidine rings is 1. The molecule has 0 spiro atoms. The van der Waals surface area contributed by atoms with Crippen LogP contribution in [0.1, 0.15) is 25.3 Å². The number of benzene rings is 1. The molecule has 1 aliphatic heterocycles. The number of rotatable bonds is 3. The van der Waals surface area contributed by atoms with Crippen molar-refractivity contribution in [1.29, 1.82) is 0 Å². The molecule has 0 radical (unpaired) electrons. The monoisotopic (exact) mass is 284 g/mol. The molecule has 1 unspecified atom stereocenters. The van der Waals surface area contributed by atoms with Gasteiger partial charge in [-0.15, -0.1) is 0 Å². The Morgan fingerprint density at radius 1 is 1.43 bits per heavy atom. The van der Waals surface area contributed by atoms with E-state index in [0.29, 0.717) is 6.54 Å². The van der Waals surface area contributed by atoms with Crippen molar-refractivity contribution in [3.05, 3.63) is 36.0 Å². The van der Waals surface area contributed by atoms with Gasteiger partial charge in [0.05, 0.1) is 11.4 Å². The van der Waals surface area contributed by atoms with E-state index in [1.165, 1.54) is 5.56 Å². The number of carboxylic acids is 1. The summed E-state index contributed by atoms with van der Waals surface area (Å²) in [6, 6.07) is 8.35. The van der Waals surface area contributed by atoms with Crippen LogP contribution >= 0.6 is 0 Å². The minimum absolute atomic E-state index is 0.267. The number of fused-ring (bicyclic) bond motifs is 1. The Morgan fingerprint density at radius 3 is 3.05 bits per heavy atom. The topological polar surface area (TPSA) is 53.4 Å². The summed E-state index contributed by atoms with van der Waals surface area (Å²) in [5.41, 5.74) is 3.37. The van der Waals surface area contributed by atoms with Crippen LogP contribution in [-0.2, 0) is 11.2 Å². The fraction of sp³-hybridized carbons (Fsp3) is 0.412. The minimum atomic E-state index is -0.688. The highest BCUT2D eigenvalue weighted by Gasteiger charge is 2.26. The molecule has 1 aromatic carbocycles. The van der Waals surface area contributed by atoms with E-state index < -0.39 is 5.97 Å². The van der Waals surface area contributed by atoms with Crippen molar-refractivity contribution in [3.8, 4) is 0 Å². The molecule has 0 bridgehead atoms. The van der Waals surface area contributed by atoms with Gasteiger partial charge in [0, 0.05) is 30.4 Å². The summed E-state index contributed by atoms with van der Waals surface area (Å²) in [6.45, 7) is 3.64. The van der Waals surface area contributed by atoms with Crippen LogP contribution in [0.15, 0.2) is 30.5 Å². The van der Waals surface area contributed by atoms with E-state index in [4.69, 9.17) is 0 Å². The Kier molecular flexibility index (Phi) is 3.78. The summed E-state index contributed by atoms with van der Waals surface area (Å²) < 4.78 is 0. The molecule has 3 rings (SSSR count). The van der Waals surface area contributed by atoms with Gasteiger partial charge >= 0.3 is 5.97 Å². The lowest BCUT2D eigenvalue weighted by atomic mass is 9.97. The highest BCUT2D eigenvalue weighted by atomic mass is 16.4. The molecule has 110 valence electrons. The number of aryl methyl sites for hydroxylation is 1. The molecule has 1 N–H and O–H groups in total. The number of aromatic nitrogens is 1. The van der Waals surface area contributed by atoms with Crippen LogP contribution in [0, 0.1) is 5.92 Å². The lowest BCUT2D eigenvalue weighted by Crippen LogP contribution is -2.38. The van der Waals surface area contributed by atoms with E-state index in [1.807, 2.05) is 12.3 Å². The van der Waals surface area contributed by atoms with E-state index in [9.17, 15) is 9.90 Å². The van der Waals surface area contributed by atoms with Gasteiger partial charge in [-0.05, 0) is 43.0 Å². The van der Waals surface area contributed by atoms with Crippen molar-refractivity contribution in [2.45, 2.75) is 26.2 Å². The first kappa shape index (κ1) is 13.9.